The number of nitrogens with one attached hydrogen (secondary N) is 3. The number of rotatable bonds is 4. The fraction of sp³-hybridized carbons (Fsp3) is 0.250. The first kappa shape index (κ1) is 17.2. The second kappa shape index (κ2) is 7.06. The fourth-order valence-electron chi connectivity index (χ4n) is 2.58. The number of hydrogen-bond donors (Lipinski definition) is 3. The van der Waals surface area contributed by atoms with Gasteiger partial charge in [0.1, 0.15) is 11.6 Å². The minimum atomic E-state index is -0.996. The topological polar surface area (TPSA) is 104 Å². The van der Waals surface area contributed by atoms with Crippen molar-refractivity contribution in [3.05, 3.63) is 46.0 Å². The van der Waals surface area contributed by atoms with Crippen molar-refractivity contribution in [3.63, 3.8) is 0 Å². The SMILES string of the molecule is CCSc1nc2c(c(=O)[nH]1)[C@H](C(=O)Nc1cccc(F)c1)CC(=O)N2. The van der Waals surface area contributed by atoms with Gasteiger partial charge < -0.3 is 15.6 Å². The normalized spacial score (nSPS) is 16.1. The lowest BCUT2D eigenvalue weighted by Gasteiger charge is -2.23. The molecule has 3 rings (SSSR count). The van der Waals surface area contributed by atoms with E-state index in [2.05, 4.69) is 20.6 Å². The van der Waals surface area contributed by atoms with Gasteiger partial charge in [-0.25, -0.2) is 9.37 Å². The smallest absolute Gasteiger partial charge is 0.257 e. The number of aromatic nitrogens is 2. The summed E-state index contributed by atoms with van der Waals surface area (Å²) in [6.45, 7) is 1.90. The van der Waals surface area contributed by atoms with E-state index in [0.29, 0.717) is 10.9 Å². The Hall–Kier alpha value is -2.68. The number of amides is 2. The van der Waals surface area contributed by atoms with Crippen molar-refractivity contribution in [1.29, 1.82) is 0 Å². The predicted molar refractivity (Wildman–Crippen MR) is 92.3 cm³/mol. The van der Waals surface area contributed by atoms with Gasteiger partial charge in [-0.05, 0) is 24.0 Å². The lowest BCUT2D eigenvalue weighted by atomic mass is 9.92. The summed E-state index contributed by atoms with van der Waals surface area (Å²) in [5, 5.41) is 5.44. The molecule has 1 aliphatic rings. The third-order valence-corrected chi connectivity index (χ3v) is 4.37. The molecule has 1 aromatic heterocycles. The second-order valence-electron chi connectivity index (χ2n) is 5.37. The average molecular weight is 362 g/mol. The number of benzene rings is 1. The van der Waals surface area contributed by atoms with Crippen LogP contribution < -0.4 is 16.2 Å². The summed E-state index contributed by atoms with van der Waals surface area (Å²) in [5.41, 5.74) is -0.116. The first-order valence-electron chi connectivity index (χ1n) is 7.61. The first-order valence-corrected chi connectivity index (χ1v) is 8.59. The zero-order valence-corrected chi connectivity index (χ0v) is 14.1. The van der Waals surface area contributed by atoms with Crippen LogP contribution in [-0.4, -0.2) is 27.5 Å². The molecule has 0 radical (unpaired) electrons. The van der Waals surface area contributed by atoms with E-state index in [-0.39, 0.29) is 23.5 Å². The monoisotopic (exact) mass is 362 g/mol. The van der Waals surface area contributed by atoms with Gasteiger partial charge in [-0.2, -0.15) is 0 Å². The highest BCUT2D eigenvalue weighted by Crippen LogP contribution is 2.30. The van der Waals surface area contributed by atoms with Crippen molar-refractivity contribution in [2.75, 3.05) is 16.4 Å². The fourth-order valence-corrected chi connectivity index (χ4v) is 3.17. The van der Waals surface area contributed by atoms with Gasteiger partial charge in [0, 0.05) is 12.1 Å². The summed E-state index contributed by atoms with van der Waals surface area (Å²) >= 11 is 1.32. The van der Waals surface area contributed by atoms with Gasteiger partial charge >= 0.3 is 0 Å². The summed E-state index contributed by atoms with van der Waals surface area (Å²) < 4.78 is 13.3. The van der Waals surface area contributed by atoms with Crippen LogP contribution in [0.5, 0.6) is 0 Å². The molecular formula is C16H15FN4O3S. The van der Waals surface area contributed by atoms with Gasteiger partial charge in [0.15, 0.2) is 5.16 Å². The van der Waals surface area contributed by atoms with Crippen molar-refractivity contribution >= 4 is 35.1 Å². The van der Waals surface area contributed by atoms with Crippen molar-refractivity contribution < 1.29 is 14.0 Å². The first-order chi connectivity index (χ1) is 12.0. The Bertz CT molecular complexity index is 899. The van der Waals surface area contributed by atoms with E-state index in [4.69, 9.17) is 0 Å². The number of halogens is 1. The van der Waals surface area contributed by atoms with Crippen molar-refractivity contribution in [2.24, 2.45) is 0 Å². The Kier molecular flexibility index (Phi) is 4.84. The number of aromatic amines is 1. The molecule has 2 aromatic rings. The number of nitrogens with zero attached hydrogens (tertiary/aromatic N) is 1. The van der Waals surface area contributed by atoms with E-state index in [9.17, 15) is 18.8 Å². The van der Waals surface area contributed by atoms with Gasteiger partial charge in [-0.1, -0.05) is 24.8 Å². The van der Waals surface area contributed by atoms with E-state index < -0.39 is 29.1 Å². The largest absolute Gasteiger partial charge is 0.325 e. The molecule has 2 amide bonds. The molecule has 130 valence electrons. The lowest BCUT2D eigenvalue weighted by molar-refractivity contribution is -0.123. The zero-order chi connectivity index (χ0) is 18.0. The second-order valence-corrected chi connectivity index (χ2v) is 6.62. The maximum Gasteiger partial charge on any atom is 0.257 e. The molecule has 3 N–H and O–H groups in total. The van der Waals surface area contributed by atoms with E-state index in [1.54, 1.807) is 0 Å². The molecule has 0 fully saturated rings. The van der Waals surface area contributed by atoms with Gasteiger partial charge in [0.05, 0.1) is 11.5 Å². The summed E-state index contributed by atoms with van der Waals surface area (Å²) in [4.78, 5) is 43.7. The summed E-state index contributed by atoms with van der Waals surface area (Å²) in [6.07, 6.45) is -0.181. The van der Waals surface area contributed by atoms with Gasteiger partial charge in [0.25, 0.3) is 5.56 Å². The quantitative estimate of drug-likeness (QED) is 0.571. The molecule has 0 unspecified atom stereocenters. The molecule has 0 aliphatic carbocycles. The molecule has 1 aliphatic heterocycles. The molecule has 0 saturated carbocycles. The highest BCUT2D eigenvalue weighted by molar-refractivity contribution is 7.99. The number of carbonyl (C=O) groups excluding carboxylic acids is 2. The Balaban J connectivity index is 1.94. The molecule has 7 nitrogen and oxygen atoms in total. The zero-order valence-electron chi connectivity index (χ0n) is 13.3. The molecule has 1 aromatic carbocycles. The van der Waals surface area contributed by atoms with Crippen LogP contribution in [0, 0.1) is 5.82 Å². The molecule has 1 atom stereocenters. The maximum atomic E-state index is 13.3. The number of anilines is 2. The van der Waals surface area contributed by atoms with Crippen molar-refractivity contribution in [1.82, 2.24) is 9.97 Å². The Labute approximate surface area is 146 Å². The van der Waals surface area contributed by atoms with Gasteiger partial charge in [-0.15, -0.1) is 0 Å². The maximum absolute atomic E-state index is 13.3. The van der Waals surface area contributed by atoms with Gasteiger partial charge in [0.2, 0.25) is 11.8 Å². The van der Waals surface area contributed by atoms with Crippen LogP contribution in [0.25, 0.3) is 0 Å². The summed E-state index contributed by atoms with van der Waals surface area (Å²) in [7, 11) is 0. The number of hydrogen-bond acceptors (Lipinski definition) is 5. The van der Waals surface area contributed by atoms with Crippen LogP contribution in [0.15, 0.2) is 34.2 Å². The Morgan fingerprint density at radius 1 is 1.44 bits per heavy atom. The van der Waals surface area contributed by atoms with E-state index >= 15 is 0 Å². The third-order valence-electron chi connectivity index (χ3n) is 3.62. The molecule has 0 spiro atoms. The van der Waals surface area contributed by atoms with Crippen LogP contribution in [0.4, 0.5) is 15.9 Å². The molecule has 2 heterocycles. The molecule has 9 heteroatoms. The predicted octanol–water partition coefficient (Wildman–Crippen LogP) is 2.09. The van der Waals surface area contributed by atoms with Crippen LogP contribution in [-0.2, 0) is 9.59 Å². The van der Waals surface area contributed by atoms with Crippen molar-refractivity contribution in [3.8, 4) is 0 Å². The van der Waals surface area contributed by atoms with Crippen LogP contribution >= 0.6 is 11.8 Å². The number of fused-ring (bicyclic) bond motifs is 1. The number of H-pyrrole nitrogens is 1. The minimum absolute atomic E-state index is 0.0929. The van der Waals surface area contributed by atoms with E-state index in [1.165, 1.54) is 30.0 Å². The Morgan fingerprint density at radius 2 is 2.24 bits per heavy atom. The van der Waals surface area contributed by atoms with Crippen LogP contribution in [0.2, 0.25) is 0 Å². The van der Waals surface area contributed by atoms with Crippen LogP contribution in [0.3, 0.4) is 0 Å². The van der Waals surface area contributed by atoms with Gasteiger partial charge in [-0.3, -0.25) is 14.4 Å². The average Bonchev–Trinajstić information content (AvgIpc) is 2.54. The van der Waals surface area contributed by atoms with Crippen molar-refractivity contribution in [2.45, 2.75) is 24.4 Å². The molecule has 0 saturated heterocycles. The standard InChI is InChI=1S/C16H15FN4O3S/c1-2-25-16-20-13-12(15(24)21-16)10(7-11(22)19-13)14(23)18-9-5-3-4-8(17)6-9/h3-6,10H,2,7H2,1H3,(H,18,23)(H2,19,20,21,22,24)/t10-/m1/s1. The highest BCUT2D eigenvalue weighted by atomic mass is 32.2. The molecule has 25 heavy (non-hydrogen) atoms. The van der Waals surface area contributed by atoms with E-state index in [1.807, 2.05) is 6.92 Å². The van der Waals surface area contributed by atoms with E-state index in [0.717, 1.165) is 6.07 Å². The lowest BCUT2D eigenvalue weighted by Crippen LogP contribution is -2.36. The summed E-state index contributed by atoms with van der Waals surface area (Å²) in [5.74, 6) is -1.68. The Morgan fingerprint density at radius 3 is 2.96 bits per heavy atom. The van der Waals surface area contributed by atoms with Crippen LogP contribution in [0.1, 0.15) is 24.8 Å². The number of thioether (sulfide) groups is 1. The minimum Gasteiger partial charge on any atom is -0.325 e. The summed E-state index contributed by atoms with van der Waals surface area (Å²) in [6, 6.07) is 5.38. The molecular weight excluding hydrogens is 347 g/mol. The third kappa shape index (κ3) is 3.71. The molecule has 0 bridgehead atoms. The number of carbonyl (C=O) groups is 2. The highest BCUT2D eigenvalue weighted by Gasteiger charge is 2.34.